The molecule has 4 nitrogen and oxygen atoms in total. The minimum atomic E-state index is -0.585. The van der Waals surface area contributed by atoms with E-state index < -0.39 is 5.97 Å². The zero-order valence-corrected chi connectivity index (χ0v) is 10.3. The summed E-state index contributed by atoms with van der Waals surface area (Å²) in [7, 11) is 1.26. The van der Waals surface area contributed by atoms with Crippen molar-refractivity contribution in [3.05, 3.63) is 53.6 Å². The van der Waals surface area contributed by atoms with E-state index in [0.717, 1.165) is 5.56 Å². The minimum Gasteiger partial charge on any atom is -0.464 e. The molecule has 0 fully saturated rings. The summed E-state index contributed by atoms with van der Waals surface area (Å²) in [4.78, 5) is 15.5. The number of aromatic nitrogens is 1. The lowest BCUT2D eigenvalue weighted by molar-refractivity contribution is 0.0593. The average Bonchev–Trinajstić information content (AvgIpc) is 2.46. The number of carbonyl (C=O) groups excluding carboxylic acids is 1. The largest absolute Gasteiger partial charge is 0.464 e. The van der Waals surface area contributed by atoms with Crippen LogP contribution in [-0.2, 0) is 11.3 Å². The standard InChI is InChI=1S/C14H12FNO3/c1-19-14(18)13-7-10(6-12(8-17)16-13)9-2-4-11(15)5-3-9/h2-7,17H,8H2,1H3. The summed E-state index contributed by atoms with van der Waals surface area (Å²) < 4.78 is 17.5. The molecule has 98 valence electrons. The van der Waals surface area contributed by atoms with Crippen LogP contribution in [0.15, 0.2) is 36.4 Å². The second-order valence-electron chi connectivity index (χ2n) is 3.89. The predicted octanol–water partition coefficient (Wildman–Crippen LogP) is 2.17. The number of carbonyl (C=O) groups is 1. The van der Waals surface area contributed by atoms with E-state index in [9.17, 15) is 9.18 Å². The van der Waals surface area contributed by atoms with Crippen LogP contribution in [0.2, 0.25) is 0 Å². The van der Waals surface area contributed by atoms with Gasteiger partial charge in [-0.15, -0.1) is 0 Å². The highest BCUT2D eigenvalue weighted by Gasteiger charge is 2.11. The Morgan fingerprint density at radius 3 is 2.53 bits per heavy atom. The number of hydrogen-bond acceptors (Lipinski definition) is 4. The number of methoxy groups -OCH3 is 1. The summed E-state index contributed by atoms with van der Waals surface area (Å²) in [5, 5.41) is 9.16. The van der Waals surface area contributed by atoms with Crippen LogP contribution in [-0.4, -0.2) is 23.2 Å². The number of aliphatic hydroxyl groups is 1. The lowest BCUT2D eigenvalue weighted by Crippen LogP contribution is -2.06. The highest BCUT2D eigenvalue weighted by molar-refractivity contribution is 5.88. The maximum Gasteiger partial charge on any atom is 0.356 e. The topological polar surface area (TPSA) is 59.4 Å². The predicted molar refractivity (Wildman–Crippen MR) is 66.9 cm³/mol. The number of aliphatic hydroxyl groups excluding tert-OH is 1. The van der Waals surface area contributed by atoms with Gasteiger partial charge in [0.2, 0.25) is 0 Å². The van der Waals surface area contributed by atoms with Gasteiger partial charge in [-0.25, -0.2) is 14.2 Å². The molecule has 19 heavy (non-hydrogen) atoms. The van der Waals surface area contributed by atoms with Crippen molar-refractivity contribution in [2.75, 3.05) is 7.11 Å². The molecule has 0 saturated heterocycles. The Labute approximate surface area is 109 Å². The lowest BCUT2D eigenvalue weighted by atomic mass is 10.0. The van der Waals surface area contributed by atoms with Gasteiger partial charge in [0.15, 0.2) is 0 Å². The zero-order valence-electron chi connectivity index (χ0n) is 10.3. The summed E-state index contributed by atoms with van der Waals surface area (Å²) in [5.74, 6) is -0.924. The van der Waals surface area contributed by atoms with Crippen molar-refractivity contribution in [3.63, 3.8) is 0 Å². The Morgan fingerprint density at radius 1 is 1.26 bits per heavy atom. The van der Waals surface area contributed by atoms with Gasteiger partial charge in [0.05, 0.1) is 19.4 Å². The number of benzene rings is 1. The highest BCUT2D eigenvalue weighted by Crippen LogP contribution is 2.21. The van der Waals surface area contributed by atoms with E-state index in [-0.39, 0.29) is 18.1 Å². The molecule has 0 aliphatic carbocycles. The smallest absolute Gasteiger partial charge is 0.356 e. The Balaban J connectivity index is 2.50. The second kappa shape index (κ2) is 5.58. The van der Waals surface area contributed by atoms with E-state index >= 15 is 0 Å². The zero-order chi connectivity index (χ0) is 13.8. The Morgan fingerprint density at radius 2 is 1.95 bits per heavy atom. The molecule has 1 aromatic carbocycles. The summed E-state index contributed by atoms with van der Waals surface area (Å²) in [6.07, 6.45) is 0. The fourth-order valence-electron chi connectivity index (χ4n) is 1.69. The van der Waals surface area contributed by atoms with E-state index in [1.807, 2.05) is 0 Å². The summed E-state index contributed by atoms with van der Waals surface area (Å²) in [6.45, 7) is -0.293. The van der Waals surface area contributed by atoms with Crippen molar-refractivity contribution in [2.24, 2.45) is 0 Å². The van der Waals surface area contributed by atoms with Crippen molar-refractivity contribution in [2.45, 2.75) is 6.61 Å². The molecule has 0 aliphatic heterocycles. The van der Waals surface area contributed by atoms with Crippen LogP contribution < -0.4 is 0 Å². The minimum absolute atomic E-state index is 0.105. The van der Waals surface area contributed by atoms with Crippen LogP contribution in [0.25, 0.3) is 11.1 Å². The van der Waals surface area contributed by atoms with Crippen LogP contribution in [0, 0.1) is 5.82 Å². The summed E-state index contributed by atoms with van der Waals surface area (Å²) in [5.41, 5.74) is 1.85. The molecular formula is C14H12FNO3. The summed E-state index contributed by atoms with van der Waals surface area (Å²) >= 11 is 0. The first kappa shape index (κ1) is 13.2. The monoisotopic (exact) mass is 261 g/mol. The third-order valence-corrected chi connectivity index (χ3v) is 2.61. The van der Waals surface area contributed by atoms with E-state index in [1.54, 1.807) is 18.2 Å². The number of nitrogens with zero attached hydrogens (tertiary/aromatic N) is 1. The fraction of sp³-hybridized carbons (Fsp3) is 0.143. The van der Waals surface area contributed by atoms with Crippen LogP contribution >= 0.6 is 0 Å². The summed E-state index contributed by atoms with van der Waals surface area (Å²) in [6, 6.07) is 9.01. The Bertz CT molecular complexity index is 596. The lowest BCUT2D eigenvalue weighted by Gasteiger charge is -2.07. The number of esters is 1. The molecule has 2 rings (SSSR count). The van der Waals surface area contributed by atoms with Crippen LogP contribution in [0.5, 0.6) is 0 Å². The number of halogens is 1. The van der Waals surface area contributed by atoms with Gasteiger partial charge in [0.25, 0.3) is 0 Å². The normalized spacial score (nSPS) is 10.3. The van der Waals surface area contributed by atoms with E-state index in [0.29, 0.717) is 11.3 Å². The molecule has 0 aliphatic rings. The highest BCUT2D eigenvalue weighted by atomic mass is 19.1. The van der Waals surface area contributed by atoms with Gasteiger partial charge in [-0.1, -0.05) is 12.1 Å². The quantitative estimate of drug-likeness (QED) is 0.860. The third-order valence-electron chi connectivity index (χ3n) is 2.61. The Hall–Kier alpha value is -2.27. The van der Waals surface area contributed by atoms with Crippen molar-refractivity contribution >= 4 is 5.97 Å². The fourth-order valence-corrected chi connectivity index (χ4v) is 1.69. The van der Waals surface area contributed by atoms with Crippen LogP contribution in [0.3, 0.4) is 0 Å². The third kappa shape index (κ3) is 2.95. The van der Waals surface area contributed by atoms with E-state index in [4.69, 9.17) is 5.11 Å². The molecule has 1 N–H and O–H groups in total. The molecule has 0 unspecified atom stereocenters. The van der Waals surface area contributed by atoms with E-state index in [2.05, 4.69) is 9.72 Å². The van der Waals surface area contributed by atoms with Gasteiger partial charge in [-0.05, 0) is 35.4 Å². The van der Waals surface area contributed by atoms with Crippen molar-refractivity contribution in [3.8, 4) is 11.1 Å². The number of hydrogen-bond donors (Lipinski definition) is 1. The molecule has 0 bridgehead atoms. The van der Waals surface area contributed by atoms with Crippen molar-refractivity contribution in [1.29, 1.82) is 0 Å². The maximum absolute atomic E-state index is 12.9. The number of rotatable bonds is 3. The SMILES string of the molecule is COC(=O)c1cc(-c2ccc(F)cc2)cc(CO)n1. The molecule has 0 amide bonds. The first-order valence-corrected chi connectivity index (χ1v) is 5.60. The van der Waals surface area contributed by atoms with E-state index in [1.165, 1.54) is 25.3 Å². The molecule has 0 atom stereocenters. The molecule has 0 saturated carbocycles. The maximum atomic E-state index is 12.9. The number of pyridine rings is 1. The second-order valence-corrected chi connectivity index (χ2v) is 3.89. The molecule has 1 heterocycles. The van der Waals surface area contributed by atoms with Gasteiger partial charge in [0, 0.05) is 0 Å². The molecule has 2 aromatic rings. The van der Waals surface area contributed by atoms with Crippen molar-refractivity contribution < 1.29 is 19.0 Å². The molecule has 0 radical (unpaired) electrons. The van der Waals surface area contributed by atoms with Gasteiger partial charge >= 0.3 is 5.97 Å². The van der Waals surface area contributed by atoms with Gasteiger partial charge in [0.1, 0.15) is 11.5 Å². The van der Waals surface area contributed by atoms with Crippen molar-refractivity contribution in [1.82, 2.24) is 4.98 Å². The first-order chi connectivity index (χ1) is 9.13. The number of ether oxygens (including phenoxy) is 1. The van der Waals surface area contributed by atoms with Gasteiger partial charge < -0.3 is 9.84 Å². The molecular weight excluding hydrogens is 249 g/mol. The van der Waals surface area contributed by atoms with Crippen LogP contribution in [0.4, 0.5) is 4.39 Å². The Kier molecular flexibility index (Phi) is 3.87. The van der Waals surface area contributed by atoms with Gasteiger partial charge in [-0.2, -0.15) is 0 Å². The molecule has 5 heteroatoms. The molecule has 1 aromatic heterocycles. The van der Waals surface area contributed by atoms with Gasteiger partial charge in [-0.3, -0.25) is 0 Å². The first-order valence-electron chi connectivity index (χ1n) is 5.60. The van der Waals surface area contributed by atoms with Crippen LogP contribution in [0.1, 0.15) is 16.2 Å². The molecule has 0 spiro atoms. The average molecular weight is 261 g/mol.